The third-order valence-corrected chi connectivity index (χ3v) is 10.5. The molecule has 13 nitrogen and oxygen atoms in total. The van der Waals surface area contributed by atoms with Crippen molar-refractivity contribution in [3.63, 3.8) is 0 Å². The summed E-state index contributed by atoms with van der Waals surface area (Å²) in [6, 6.07) is -1.05. The number of aliphatic carboxylic acids is 3. The van der Waals surface area contributed by atoms with Crippen LogP contribution in [0.1, 0.15) is 188 Å². The van der Waals surface area contributed by atoms with Crippen LogP contribution in [-0.2, 0) is 14.4 Å². The summed E-state index contributed by atoms with van der Waals surface area (Å²) in [5.74, 6) is -3.84. The fraction of sp³-hybridized carbons (Fsp3) is 0.649. The van der Waals surface area contributed by atoms with Gasteiger partial charge in [-0.3, -0.25) is 0 Å². The molecule has 0 unspecified atom stereocenters. The van der Waals surface area contributed by atoms with Crippen molar-refractivity contribution in [1.29, 1.82) is 0 Å². The van der Waals surface area contributed by atoms with Crippen LogP contribution in [0.5, 0.6) is 0 Å². The molecule has 0 amide bonds. The van der Waals surface area contributed by atoms with Crippen molar-refractivity contribution >= 4 is 41.0 Å². The van der Waals surface area contributed by atoms with E-state index in [1.165, 1.54) is 38.5 Å². The SMILES string of the molecule is CC/C=C\C[C@H](O)/C=C/C=C\C=C\[C@@H](O)CCCCCCCCC.CC/C=C\C[C@H](O)/C=C/C=C\C=C\[C@@H](O)CCCCCCCCC(=O)[O-].[CH2-][C@@H](CCCC[NH3+])C(=O)[O-].[Mg+2].[NH-][C@@H](CCCC[NH3+])C(=O)[O-]. The van der Waals surface area contributed by atoms with Crippen LogP contribution < -0.4 is 26.8 Å². The summed E-state index contributed by atoms with van der Waals surface area (Å²) in [6.45, 7) is 11.5. The van der Waals surface area contributed by atoms with E-state index < -0.39 is 48.2 Å². The molecule has 11 N–H and O–H groups in total. The molecule has 0 bridgehead atoms. The Kier molecular flexibility index (Phi) is 68.0. The minimum absolute atomic E-state index is 0. The first-order valence-electron chi connectivity index (χ1n) is 26.4. The molecule has 0 spiro atoms. The van der Waals surface area contributed by atoms with Gasteiger partial charge in [0.1, 0.15) is 0 Å². The first-order valence-corrected chi connectivity index (χ1v) is 26.4. The second-order valence-electron chi connectivity index (χ2n) is 17.3. The predicted octanol–water partition coefficient (Wildman–Crippen LogP) is 6.26. The monoisotopic (exact) mass is 1010 g/mol. The van der Waals surface area contributed by atoms with Gasteiger partial charge in [-0.1, -0.05) is 214 Å². The Labute approximate surface area is 447 Å². The second kappa shape index (κ2) is 62.9. The fourth-order valence-electron chi connectivity index (χ4n) is 6.15. The summed E-state index contributed by atoms with van der Waals surface area (Å²) in [6.07, 6.45) is 52.5. The summed E-state index contributed by atoms with van der Waals surface area (Å²) >= 11 is 0. The average Bonchev–Trinajstić information content (AvgIpc) is 3.32. The number of nitrogens with one attached hydrogen (secondary N) is 1. The number of unbranched alkanes of at least 4 members (excludes halogenated alkanes) is 13. The molecule has 0 fully saturated rings. The van der Waals surface area contributed by atoms with E-state index in [0.29, 0.717) is 32.1 Å². The molecule has 0 aromatic carbocycles. The van der Waals surface area contributed by atoms with E-state index in [0.717, 1.165) is 103 Å². The minimum Gasteiger partial charge on any atom is -0.670 e. The van der Waals surface area contributed by atoms with Gasteiger partial charge in [0.2, 0.25) is 0 Å². The number of aliphatic hydroxyl groups is 4. The molecule has 0 rings (SSSR count). The molecule has 0 aliphatic heterocycles. The van der Waals surface area contributed by atoms with Crippen LogP contribution in [0.15, 0.2) is 97.2 Å². The number of aliphatic hydroxyl groups excluding tert-OH is 4. The number of carboxylic acids is 3. The summed E-state index contributed by atoms with van der Waals surface area (Å²) < 4.78 is 0. The van der Waals surface area contributed by atoms with E-state index in [1.54, 1.807) is 18.2 Å². The zero-order valence-corrected chi connectivity index (χ0v) is 46.0. The largest absolute Gasteiger partial charge is 2.00 e. The van der Waals surface area contributed by atoms with Crippen molar-refractivity contribution in [2.75, 3.05) is 13.1 Å². The number of hydrogen-bond acceptors (Lipinski definition) is 10. The summed E-state index contributed by atoms with van der Waals surface area (Å²) in [7, 11) is 0. The Bertz CT molecular complexity index is 1390. The van der Waals surface area contributed by atoms with Crippen molar-refractivity contribution in [3.8, 4) is 0 Å². The summed E-state index contributed by atoms with van der Waals surface area (Å²) in [5.41, 5.74) is 14.2. The van der Waals surface area contributed by atoms with Gasteiger partial charge in [0.25, 0.3) is 0 Å². The fourth-order valence-corrected chi connectivity index (χ4v) is 6.15. The van der Waals surface area contributed by atoms with Crippen LogP contribution in [-0.4, -0.2) is 105 Å². The summed E-state index contributed by atoms with van der Waals surface area (Å²) in [4.78, 5) is 30.3. The number of carboxylic acid groups (broad SMARTS) is 3. The van der Waals surface area contributed by atoms with Crippen molar-refractivity contribution < 1.29 is 61.6 Å². The van der Waals surface area contributed by atoms with Gasteiger partial charge in [-0.05, 0) is 77.0 Å². The molecule has 0 aliphatic carbocycles. The molecular weight excluding hydrogens is 911 g/mol. The van der Waals surface area contributed by atoms with Gasteiger partial charge in [-0.2, -0.15) is 0 Å². The molecule has 0 aromatic heterocycles. The number of quaternary nitrogens is 2. The molecular formula is C57H100MgN3O10-. The standard InChI is InChI=1S/C22H36O4.C22H38O2.C7H14NO2.C6H13N2O2.Mg/c1-2-3-10-15-20(23)17-12-8-9-13-18-21(24)16-11-6-4-5-7-14-19-22(25)26;1-3-5-7-8-9-10-14-18-22(24)20-16-12-11-15-19-21(23)17-13-6-4-2;1-6(7(9)10)4-2-3-5-8;7-4-2-1-3-5(8)6(9)10;/h3,8-10,12-13,17-18,20-21,23-24H,2,4-7,11,14-16,19H2,1H3,(H,25,26);6,11-13,15-16,19-24H,3-5,7-10,14,17-18H2,1-2H3;6H,1-5,8H2,(H,9,10);5,8H,1-4,7H2,(H,9,10);/q;;2*-1;+2/p-1/b9-8-,10-3-,17-12+,18-13+;12-11-,13-6-,19-15+,20-16+;;;/t20-,21-;21-,22-;6-;5-;/m0000./s1. The zero-order chi connectivity index (χ0) is 53.3. The third kappa shape index (κ3) is 71.1. The van der Waals surface area contributed by atoms with Gasteiger partial charge in [-0.15, -0.1) is 5.92 Å². The maximum Gasteiger partial charge on any atom is 2.00 e. The van der Waals surface area contributed by atoms with Gasteiger partial charge in [0, 0.05) is 17.9 Å². The Morgan fingerprint density at radius 3 is 1.18 bits per heavy atom. The quantitative estimate of drug-likeness (QED) is 0.0131. The van der Waals surface area contributed by atoms with Gasteiger partial charge >= 0.3 is 23.1 Å². The van der Waals surface area contributed by atoms with Crippen LogP contribution in [0.3, 0.4) is 0 Å². The normalized spacial score (nSPS) is 14.3. The van der Waals surface area contributed by atoms with Gasteiger partial charge in [-0.25, -0.2) is 0 Å². The van der Waals surface area contributed by atoms with Crippen LogP contribution in [0.2, 0.25) is 0 Å². The number of hydrogen-bond donors (Lipinski definition) is 6. The van der Waals surface area contributed by atoms with Crippen LogP contribution >= 0.6 is 0 Å². The smallest absolute Gasteiger partial charge is 0.670 e. The third-order valence-electron chi connectivity index (χ3n) is 10.5. The Morgan fingerprint density at radius 2 is 0.831 bits per heavy atom. The van der Waals surface area contributed by atoms with Crippen LogP contribution in [0.25, 0.3) is 5.73 Å². The number of carbonyl (C=O) groups is 3. The Morgan fingerprint density at radius 1 is 0.479 bits per heavy atom. The molecule has 0 saturated carbocycles. The first kappa shape index (κ1) is 76.7. The molecule has 6 atom stereocenters. The van der Waals surface area contributed by atoms with E-state index in [9.17, 15) is 50.1 Å². The maximum atomic E-state index is 10.3. The number of rotatable bonds is 41. The molecule has 406 valence electrons. The van der Waals surface area contributed by atoms with Gasteiger partial charge < -0.3 is 74.3 Å². The minimum atomic E-state index is -1.27. The number of allylic oxidation sites excluding steroid dienone is 10. The van der Waals surface area contributed by atoms with E-state index in [-0.39, 0.29) is 35.6 Å². The van der Waals surface area contributed by atoms with Crippen molar-refractivity contribution in [2.24, 2.45) is 5.92 Å². The molecule has 0 aliphatic rings. The van der Waals surface area contributed by atoms with E-state index in [1.807, 2.05) is 72.9 Å². The first-order chi connectivity index (χ1) is 33.6. The predicted molar refractivity (Wildman–Crippen MR) is 287 cm³/mol. The topological polar surface area (TPSA) is 280 Å². The molecule has 0 radical (unpaired) electrons. The molecule has 0 aromatic rings. The molecule has 0 saturated heterocycles. The molecule has 71 heavy (non-hydrogen) atoms. The Hall–Kier alpha value is -3.18. The number of carbonyl (C=O) groups excluding carboxylic acids is 3. The van der Waals surface area contributed by atoms with E-state index in [2.05, 4.69) is 45.2 Å². The van der Waals surface area contributed by atoms with E-state index >= 15 is 0 Å². The maximum absolute atomic E-state index is 10.3. The average molecular weight is 1010 g/mol. The summed E-state index contributed by atoms with van der Waals surface area (Å²) in [5, 5.41) is 69.4. The van der Waals surface area contributed by atoms with Gasteiger partial charge in [0.05, 0.1) is 37.5 Å². The zero-order valence-electron chi connectivity index (χ0n) is 44.6. The Balaban J connectivity index is -0.000000295. The van der Waals surface area contributed by atoms with Crippen LogP contribution in [0, 0.1) is 12.8 Å². The van der Waals surface area contributed by atoms with Crippen molar-refractivity contribution in [3.05, 3.63) is 110 Å². The second-order valence-corrected chi connectivity index (χ2v) is 17.3. The van der Waals surface area contributed by atoms with Crippen molar-refractivity contribution in [1.82, 2.24) is 0 Å². The van der Waals surface area contributed by atoms with Gasteiger partial charge in [0.15, 0.2) is 0 Å². The molecule has 0 heterocycles. The van der Waals surface area contributed by atoms with Crippen molar-refractivity contribution in [2.45, 2.75) is 218 Å². The van der Waals surface area contributed by atoms with Crippen LogP contribution in [0.4, 0.5) is 0 Å². The van der Waals surface area contributed by atoms with E-state index in [4.69, 9.17) is 5.73 Å². The molecule has 14 heteroatoms.